The first-order chi connectivity index (χ1) is 12.5. The number of aliphatic hydroxyl groups is 1. The van der Waals surface area contributed by atoms with Gasteiger partial charge < -0.3 is 10.0 Å². The third-order valence-electron chi connectivity index (χ3n) is 5.02. The van der Waals surface area contributed by atoms with Gasteiger partial charge in [-0.25, -0.2) is 9.48 Å². The summed E-state index contributed by atoms with van der Waals surface area (Å²) >= 11 is 5.95. The van der Waals surface area contributed by atoms with Crippen LogP contribution in [0.1, 0.15) is 49.2 Å². The van der Waals surface area contributed by atoms with E-state index in [-0.39, 0.29) is 18.3 Å². The number of carbonyl (C=O) groups excluding carboxylic acids is 1. The number of hydrogen-bond acceptors (Lipinski definition) is 5. The average Bonchev–Trinajstić information content (AvgIpc) is 3.25. The smallest absolute Gasteiger partial charge is 0.347 e. The number of rotatable bonds is 3. The summed E-state index contributed by atoms with van der Waals surface area (Å²) in [6, 6.07) is 1.12. The standard InChI is InChI=1S/C17H20ClN5O3/c18-12-7-11(8-19-9-12)10-22-17(26)23-13(3-4-14(24)15(23)20-22)16(25)21-5-1-2-6-21/h7-9,13-14,24H,1-6,10H2. The molecule has 26 heavy (non-hydrogen) atoms. The van der Waals surface area contributed by atoms with Crippen LogP contribution in [0.5, 0.6) is 0 Å². The van der Waals surface area contributed by atoms with Crippen LogP contribution < -0.4 is 5.69 Å². The normalized spacial score (nSPS) is 22.5. The van der Waals surface area contributed by atoms with Gasteiger partial charge in [0.1, 0.15) is 12.1 Å². The summed E-state index contributed by atoms with van der Waals surface area (Å²) in [6.45, 7) is 1.64. The molecule has 1 amide bonds. The third kappa shape index (κ3) is 3.03. The van der Waals surface area contributed by atoms with Crippen molar-refractivity contribution < 1.29 is 9.90 Å². The van der Waals surface area contributed by atoms with E-state index >= 15 is 0 Å². The Morgan fingerprint density at radius 1 is 1.27 bits per heavy atom. The van der Waals surface area contributed by atoms with Gasteiger partial charge in [0, 0.05) is 25.5 Å². The first kappa shape index (κ1) is 17.2. The highest BCUT2D eigenvalue weighted by molar-refractivity contribution is 6.30. The number of amides is 1. The Morgan fingerprint density at radius 2 is 2.04 bits per heavy atom. The molecule has 2 aromatic heterocycles. The topological polar surface area (TPSA) is 93.2 Å². The molecule has 9 heteroatoms. The molecule has 0 saturated carbocycles. The summed E-state index contributed by atoms with van der Waals surface area (Å²) in [4.78, 5) is 31.6. The summed E-state index contributed by atoms with van der Waals surface area (Å²) in [7, 11) is 0. The highest BCUT2D eigenvalue weighted by Gasteiger charge is 2.37. The van der Waals surface area contributed by atoms with E-state index in [1.807, 2.05) is 0 Å². The van der Waals surface area contributed by atoms with E-state index in [4.69, 9.17) is 11.6 Å². The van der Waals surface area contributed by atoms with Crippen LogP contribution in [0, 0.1) is 0 Å². The SMILES string of the molecule is O=C(C1CCC(O)c2nn(Cc3cncc(Cl)c3)c(=O)n21)N1CCCC1. The number of carbonyl (C=O) groups is 1. The van der Waals surface area contributed by atoms with Crippen LogP contribution in [-0.2, 0) is 11.3 Å². The number of aromatic nitrogens is 4. The van der Waals surface area contributed by atoms with Gasteiger partial charge in [-0.15, -0.1) is 0 Å². The molecule has 0 radical (unpaired) electrons. The van der Waals surface area contributed by atoms with E-state index in [0.717, 1.165) is 31.5 Å². The molecule has 1 N–H and O–H groups in total. The van der Waals surface area contributed by atoms with Crippen molar-refractivity contribution in [2.24, 2.45) is 0 Å². The second-order valence-corrected chi connectivity index (χ2v) is 7.26. The lowest BCUT2D eigenvalue weighted by atomic mass is 10.0. The van der Waals surface area contributed by atoms with Crippen LogP contribution in [0.2, 0.25) is 5.02 Å². The van der Waals surface area contributed by atoms with Crippen molar-refractivity contribution >= 4 is 17.5 Å². The number of aliphatic hydroxyl groups excluding tert-OH is 1. The van der Waals surface area contributed by atoms with Gasteiger partial charge in [0.25, 0.3) is 0 Å². The molecule has 2 aliphatic rings. The summed E-state index contributed by atoms with van der Waals surface area (Å²) in [5.41, 5.74) is 0.336. The molecule has 0 aliphatic carbocycles. The number of fused-ring (bicyclic) bond motifs is 1. The van der Waals surface area contributed by atoms with Crippen molar-refractivity contribution in [2.75, 3.05) is 13.1 Å². The molecule has 0 bridgehead atoms. The molecule has 2 atom stereocenters. The lowest BCUT2D eigenvalue weighted by Crippen LogP contribution is -2.42. The Hall–Kier alpha value is -2.19. The van der Waals surface area contributed by atoms with Crippen LogP contribution >= 0.6 is 11.6 Å². The zero-order valence-corrected chi connectivity index (χ0v) is 15.0. The predicted molar refractivity (Wildman–Crippen MR) is 93.9 cm³/mol. The van der Waals surface area contributed by atoms with Gasteiger partial charge in [0.15, 0.2) is 5.82 Å². The molecule has 2 aromatic rings. The van der Waals surface area contributed by atoms with Crippen molar-refractivity contribution in [3.05, 3.63) is 45.4 Å². The van der Waals surface area contributed by atoms with Crippen molar-refractivity contribution in [3.63, 3.8) is 0 Å². The van der Waals surface area contributed by atoms with Crippen LogP contribution in [0.3, 0.4) is 0 Å². The fourth-order valence-corrected chi connectivity index (χ4v) is 3.93. The van der Waals surface area contributed by atoms with Crippen LogP contribution in [0.4, 0.5) is 0 Å². The Kier molecular flexibility index (Phi) is 4.54. The first-order valence-corrected chi connectivity index (χ1v) is 9.18. The summed E-state index contributed by atoms with van der Waals surface area (Å²) in [5, 5.41) is 15.0. The molecule has 0 spiro atoms. The molecule has 4 rings (SSSR count). The molecular weight excluding hydrogens is 358 g/mol. The molecule has 1 saturated heterocycles. The lowest BCUT2D eigenvalue weighted by Gasteiger charge is -2.29. The minimum atomic E-state index is -0.843. The van der Waals surface area contributed by atoms with Crippen molar-refractivity contribution in [2.45, 2.75) is 44.4 Å². The second kappa shape index (κ2) is 6.85. The quantitative estimate of drug-likeness (QED) is 0.865. The average molecular weight is 378 g/mol. The van der Waals surface area contributed by atoms with Crippen molar-refractivity contribution in [1.29, 1.82) is 0 Å². The van der Waals surface area contributed by atoms with E-state index in [9.17, 15) is 14.7 Å². The number of halogens is 1. The zero-order valence-electron chi connectivity index (χ0n) is 14.2. The van der Waals surface area contributed by atoms with E-state index in [1.54, 1.807) is 17.2 Å². The number of nitrogens with zero attached hydrogens (tertiary/aromatic N) is 5. The molecule has 2 unspecified atom stereocenters. The summed E-state index contributed by atoms with van der Waals surface area (Å²) in [6.07, 6.45) is 5.12. The molecule has 4 heterocycles. The van der Waals surface area contributed by atoms with Gasteiger partial charge in [-0.2, -0.15) is 5.10 Å². The third-order valence-corrected chi connectivity index (χ3v) is 5.22. The zero-order chi connectivity index (χ0) is 18.3. The Bertz CT molecular complexity index is 887. The van der Waals surface area contributed by atoms with Crippen LogP contribution in [0.15, 0.2) is 23.3 Å². The second-order valence-electron chi connectivity index (χ2n) is 6.82. The maximum atomic E-state index is 12.9. The maximum Gasteiger partial charge on any atom is 0.347 e. The highest BCUT2D eigenvalue weighted by Crippen LogP contribution is 2.31. The summed E-state index contributed by atoms with van der Waals surface area (Å²) < 4.78 is 2.63. The molecule has 1 fully saturated rings. The predicted octanol–water partition coefficient (Wildman–Crippen LogP) is 1.13. The maximum absolute atomic E-state index is 12.9. The summed E-state index contributed by atoms with van der Waals surface area (Å²) in [5.74, 6) is 0.204. The Labute approximate surface area is 155 Å². The van der Waals surface area contributed by atoms with Crippen molar-refractivity contribution in [3.8, 4) is 0 Å². The molecular formula is C17H20ClN5O3. The molecule has 138 valence electrons. The van der Waals surface area contributed by atoms with Crippen LogP contribution in [-0.4, -0.2) is 48.3 Å². The fourth-order valence-electron chi connectivity index (χ4n) is 3.73. The number of hydrogen-bond donors (Lipinski definition) is 1. The van der Waals surface area contributed by atoms with Gasteiger partial charge in [-0.05, 0) is 37.3 Å². The molecule has 0 aromatic carbocycles. The van der Waals surface area contributed by atoms with Gasteiger partial charge in [-0.3, -0.25) is 14.3 Å². The fraction of sp³-hybridized carbons (Fsp3) is 0.529. The van der Waals surface area contributed by atoms with E-state index < -0.39 is 17.8 Å². The van der Waals surface area contributed by atoms with Crippen LogP contribution in [0.25, 0.3) is 0 Å². The largest absolute Gasteiger partial charge is 0.385 e. The minimum absolute atomic E-state index is 0.0540. The van der Waals surface area contributed by atoms with Gasteiger partial charge in [0.2, 0.25) is 5.91 Å². The first-order valence-electron chi connectivity index (χ1n) is 8.80. The lowest BCUT2D eigenvalue weighted by molar-refractivity contribution is -0.134. The van der Waals surface area contributed by atoms with Gasteiger partial charge in [0.05, 0.1) is 11.6 Å². The molecule has 8 nitrogen and oxygen atoms in total. The monoisotopic (exact) mass is 377 g/mol. The highest BCUT2D eigenvalue weighted by atomic mass is 35.5. The number of likely N-dealkylation sites (tertiary alicyclic amines) is 1. The van der Waals surface area contributed by atoms with Crippen molar-refractivity contribution in [1.82, 2.24) is 24.2 Å². The Balaban J connectivity index is 1.69. The van der Waals surface area contributed by atoms with Gasteiger partial charge in [-0.1, -0.05) is 11.6 Å². The van der Waals surface area contributed by atoms with E-state index in [2.05, 4.69) is 10.1 Å². The van der Waals surface area contributed by atoms with E-state index in [0.29, 0.717) is 17.9 Å². The number of pyridine rings is 1. The van der Waals surface area contributed by atoms with Gasteiger partial charge >= 0.3 is 5.69 Å². The Morgan fingerprint density at radius 3 is 2.77 bits per heavy atom. The minimum Gasteiger partial charge on any atom is -0.385 e. The van der Waals surface area contributed by atoms with E-state index in [1.165, 1.54) is 15.4 Å². The molecule has 2 aliphatic heterocycles.